The first kappa shape index (κ1) is 14.6. The lowest BCUT2D eigenvalue weighted by Gasteiger charge is -2.18. The minimum atomic E-state index is -0.552. The second kappa shape index (κ2) is 6.09. The molecule has 1 aliphatic rings. The van der Waals surface area contributed by atoms with Crippen molar-refractivity contribution in [2.75, 3.05) is 25.1 Å². The van der Waals surface area contributed by atoms with E-state index in [9.17, 15) is 14.0 Å². The Hall–Kier alpha value is -1.82. The number of amides is 3. The van der Waals surface area contributed by atoms with Gasteiger partial charge in [-0.2, -0.15) is 0 Å². The van der Waals surface area contributed by atoms with Gasteiger partial charge in [0.25, 0.3) is 0 Å². The average molecular weight is 300 g/mol. The quantitative estimate of drug-likeness (QED) is 0.912. The number of carbonyl (C=O) groups excluding carboxylic acids is 2. The molecule has 0 radical (unpaired) electrons. The van der Waals surface area contributed by atoms with Crippen molar-refractivity contribution in [2.24, 2.45) is 0 Å². The van der Waals surface area contributed by atoms with Crippen molar-refractivity contribution in [3.8, 4) is 0 Å². The fourth-order valence-electron chi connectivity index (χ4n) is 1.97. The Morgan fingerprint density at radius 2 is 2.05 bits per heavy atom. The number of anilines is 1. The van der Waals surface area contributed by atoms with Crippen molar-refractivity contribution in [3.63, 3.8) is 0 Å². The third-order valence-corrected chi connectivity index (χ3v) is 3.33. The van der Waals surface area contributed by atoms with Gasteiger partial charge in [-0.1, -0.05) is 18.5 Å². The number of halogens is 2. The Bertz CT molecular complexity index is 538. The van der Waals surface area contributed by atoms with Crippen LogP contribution in [0.2, 0.25) is 5.02 Å². The van der Waals surface area contributed by atoms with E-state index < -0.39 is 11.8 Å². The lowest BCUT2D eigenvalue weighted by molar-refractivity contribution is -0.130. The molecule has 0 bridgehead atoms. The third-order valence-electron chi connectivity index (χ3n) is 3.09. The highest BCUT2D eigenvalue weighted by atomic mass is 35.5. The summed E-state index contributed by atoms with van der Waals surface area (Å²) >= 11 is 5.76. The summed E-state index contributed by atoms with van der Waals surface area (Å²) < 4.78 is 13.5. The predicted molar refractivity (Wildman–Crippen MR) is 74.0 cm³/mol. The molecule has 0 unspecified atom stereocenters. The predicted octanol–water partition coefficient (Wildman–Crippen LogP) is 2.52. The lowest BCUT2D eigenvalue weighted by Crippen LogP contribution is -2.36. The second-order valence-electron chi connectivity index (χ2n) is 4.47. The highest BCUT2D eigenvalue weighted by molar-refractivity contribution is 6.30. The molecule has 0 spiro atoms. The van der Waals surface area contributed by atoms with E-state index in [2.05, 4.69) is 5.32 Å². The number of nitrogens with zero attached hydrogens (tertiary/aromatic N) is 2. The summed E-state index contributed by atoms with van der Waals surface area (Å²) in [6, 6.07) is 3.50. The maximum Gasteiger partial charge on any atom is 0.323 e. The molecule has 1 saturated heterocycles. The van der Waals surface area contributed by atoms with Gasteiger partial charge in [0.15, 0.2) is 0 Å². The highest BCUT2D eigenvalue weighted by Crippen LogP contribution is 2.20. The van der Waals surface area contributed by atoms with Gasteiger partial charge in [0.05, 0.1) is 12.4 Å². The molecule has 1 N–H and O–H groups in total. The zero-order valence-electron chi connectivity index (χ0n) is 11.0. The molecular formula is C13H15ClFN3O2. The summed E-state index contributed by atoms with van der Waals surface area (Å²) in [5.41, 5.74) is 0.0303. The van der Waals surface area contributed by atoms with Gasteiger partial charge >= 0.3 is 6.03 Å². The van der Waals surface area contributed by atoms with Crippen molar-refractivity contribution in [1.82, 2.24) is 9.80 Å². The molecule has 1 aromatic rings. The first-order valence-corrected chi connectivity index (χ1v) is 6.67. The van der Waals surface area contributed by atoms with E-state index in [-0.39, 0.29) is 18.3 Å². The Morgan fingerprint density at radius 3 is 2.75 bits per heavy atom. The van der Waals surface area contributed by atoms with Crippen LogP contribution in [0.25, 0.3) is 0 Å². The van der Waals surface area contributed by atoms with Crippen LogP contribution in [0.15, 0.2) is 18.2 Å². The van der Waals surface area contributed by atoms with Crippen LogP contribution in [0.4, 0.5) is 14.9 Å². The van der Waals surface area contributed by atoms with Gasteiger partial charge < -0.3 is 15.1 Å². The van der Waals surface area contributed by atoms with Crippen molar-refractivity contribution < 1.29 is 14.0 Å². The number of nitrogens with one attached hydrogen (secondary N) is 1. The van der Waals surface area contributed by atoms with E-state index in [1.54, 1.807) is 11.8 Å². The van der Waals surface area contributed by atoms with E-state index in [4.69, 9.17) is 11.6 Å². The Morgan fingerprint density at radius 1 is 1.35 bits per heavy atom. The van der Waals surface area contributed by atoms with Crippen molar-refractivity contribution in [2.45, 2.75) is 13.3 Å². The monoisotopic (exact) mass is 299 g/mol. The molecule has 1 aliphatic heterocycles. The van der Waals surface area contributed by atoms with Gasteiger partial charge in [-0.15, -0.1) is 0 Å². The molecule has 5 nitrogen and oxygen atoms in total. The zero-order chi connectivity index (χ0) is 14.7. The molecular weight excluding hydrogens is 285 g/mol. The minimum absolute atomic E-state index is 0.00534. The maximum atomic E-state index is 13.5. The van der Waals surface area contributed by atoms with E-state index in [1.165, 1.54) is 23.1 Å². The number of hydrogen-bond acceptors (Lipinski definition) is 2. The van der Waals surface area contributed by atoms with Gasteiger partial charge in [-0.25, -0.2) is 9.18 Å². The second-order valence-corrected chi connectivity index (χ2v) is 4.91. The largest absolute Gasteiger partial charge is 0.323 e. The van der Waals surface area contributed by atoms with Crippen LogP contribution in [-0.2, 0) is 4.79 Å². The normalized spacial score (nSPS) is 14.6. The number of benzene rings is 1. The Kier molecular flexibility index (Phi) is 4.44. The van der Waals surface area contributed by atoms with E-state index >= 15 is 0 Å². The van der Waals surface area contributed by atoms with Crippen LogP contribution in [0.3, 0.4) is 0 Å². The van der Waals surface area contributed by atoms with Crippen LogP contribution >= 0.6 is 11.6 Å². The van der Waals surface area contributed by atoms with Crippen LogP contribution < -0.4 is 5.32 Å². The first-order chi connectivity index (χ1) is 9.51. The minimum Gasteiger partial charge on any atom is -0.323 e. The van der Waals surface area contributed by atoms with Gasteiger partial charge in [-0.05, 0) is 18.2 Å². The molecule has 1 heterocycles. The molecule has 2 rings (SSSR count). The SMILES string of the molecule is CCC(=O)N1CCN(C(=O)Nc2cc(Cl)ccc2F)C1. The van der Waals surface area contributed by atoms with Crippen LogP contribution in [-0.4, -0.2) is 41.5 Å². The molecule has 3 amide bonds. The van der Waals surface area contributed by atoms with Gasteiger partial charge in [-0.3, -0.25) is 4.79 Å². The third kappa shape index (κ3) is 3.19. The van der Waals surface area contributed by atoms with E-state index in [0.717, 1.165) is 0 Å². The highest BCUT2D eigenvalue weighted by Gasteiger charge is 2.27. The van der Waals surface area contributed by atoms with E-state index in [0.29, 0.717) is 24.5 Å². The van der Waals surface area contributed by atoms with Gasteiger partial charge in [0.1, 0.15) is 5.82 Å². The maximum absolute atomic E-state index is 13.5. The van der Waals surface area contributed by atoms with Crippen LogP contribution in [0, 0.1) is 5.82 Å². The molecule has 108 valence electrons. The number of hydrogen-bond donors (Lipinski definition) is 1. The van der Waals surface area contributed by atoms with Crippen molar-refractivity contribution in [3.05, 3.63) is 29.0 Å². The molecule has 20 heavy (non-hydrogen) atoms. The standard InChI is InChI=1S/C13H15ClFN3O2/c1-2-12(19)17-5-6-18(8-17)13(20)16-11-7-9(14)3-4-10(11)15/h3-4,7H,2,5-6,8H2,1H3,(H,16,20). The fraction of sp³-hybridized carbons (Fsp3) is 0.385. The van der Waals surface area contributed by atoms with Crippen molar-refractivity contribution >= 4 is 29.2 Å². The topological polar surface area (TPSA) is 52.7 Å². The molecule has 7 heteroatoms. The Labute approximate surface area is 121 Å². The fourth-order valence-corrected chi connectivity index (χ4v) is 2.14. The molecule has 0 saturated carbocycles. The number of rotatable bonds is 2. The molecule has 0 atom stereocenters. The molecule has 0 aromatic heterocycles. The van der Waals surface area contributed by atoms with Crippen LogP contribution in [0.5, 0.6) is 0 Å². The zero-order valence-corrected chi connectivity index (χ0v) is 11.8. The summed E-state index contributed by atoms with van der Waals surface area (Å²) in [6.45, 7) is 2.92. The van der Waals surface area contributed by atoms with Crippen LogP contribution in [0.1, 0.15) is 13.3 Å². The lowest BCUT2D eigenvalue weighted by atomic mass is 10.3. The summed E-state index contributed by atoms with van der Waals surface area (Å²) in [4.78, 5) is 26.6. The van der Waals surface area contributed by atoms with Gasteiger partial charge in [0.2, 0.25) is 5.91 Å². The first-order valence-electron chi connectivity index (χ1n) is 6.30. The molecule has 0 aliphatic carbocycles. The smallest absolute Gasteiger partial charge is 0.323 e. The van der Waals surface area contributed by atoms with Gasteiger partial charge in [0, 0.05) is 24.5 Å². The summed E-state index contributed by atoms with van der Waals surface area (Å²) in [5.74, 6) is -0.558. The number of carbonyl (C=O) groups is 2. The Balaban J connectivity index is 1.99. The molecule has 1 aromatic carbocycles. The average Bonchev–Trinajstić information content (AvgIpc) is 2.91. The van der Waals surface area contributed by atoms with Crippen molar-refractivity contribution in [1.29, 1.82) is 0 Å². The summed E-state index contributed by atoms with van der Waals surface area (Å²) in [7, 11) is 0. The summed E-state index contributed by atoms with van der Waals surface area (Å²) in [6.07, 6.45) is 0.401. The number of urea groups is 1. The van der Waals surface area contributed by atoms with E-state index in [1.807, 2.05) is 0 Å². The molecule has 1 fully saturated rings. The summed E-state index contributed by atoms with van der Waals surface area (Å²) in [5, 5.41) is 2.80.